The summed E-state index contributed by atoms with van der Waals surface area (Å²) in [6.45, 7) is 2.16. The molecule has 0 bridgehead atoms. The third-order valence-corrected chi connectivity index (χ3v) is 2.75. The van der Waals surface area contributed by atoms with E-state index in [-0.39, 0.29) is 0 Å². The molecule has 0 radical (unpaired) electrons. The van der Waals surface area contributed by atoms with Crippen LogP contribution in [0.4, 0.5) is 5.69 Å². The highest BCUT2D eigenvalue weighted by Gasteiger charge is 2.12. The molecule has 2 rings (SSSR count). The number of hydrogen-bond acceptors (Lipinski definition) is 2. The Hall–Kier alpha value is -0.760. The number of para-hydroxylation sites is 1. The van der Waals surface area contributed by atoms with Crippen molar-refractivity contribution in [2.24, 2.45) is 4.99 Å². The van der Waals surface area contributed by atoms with Gasteiger partial charge in [0.1, 0.15) is 0 Å². The molecular weight excluding hydrogens is 166 g/mol. The lowest BCUT2D eigenvalue weighted by Crippen LogP contribution is -1.90. The van der Waals surface area contributed by atoms with E-state index in [9.17, 15) is 0 Å². The van der Waals surface area contributed by atoms with E-state index >= 15 is 0 Å². The SMILES string of the molecule is CCSC1=Nc2ccccc2C1. The molecule has 12 heavy (non-hydrogen) atoms. The molecule has 1 heterocycles. The van der Waals surface area contributed by atoms with Crippen LogP contribution >= 0.6 is 11.8 Å². The van der Waals surface area contributed by atoms with Gasteiger partial charge in [0.05, 0.1) is 10.7 Å². The lowest BCUT2D eigenvalue weighted by Gasteiger charge is -1.93. The van der Waals surface area contributed by atoms with Crippen molar-refractivity contribution >= 4 is 22.5 Å². The predicted molar refractivity (Wildman–Crippen MR) is 55.4 cm³/mol. The molecule has 0 amide bonds. The minimum absolute atomic E-state index is 1.04. The minimum atomic E-state index is 1.04. The van der Waals surface area contributed by atoms with Gasteiger partial charge in [-0.25, -0.2) is 4.99 Å². The Morgan fingerprint density at radius 3 is 3.00 bits per heavy atom. The molecule has 1 aliphatic heterocycles. The standard InChI is InChI=1S/C10H11NS/c1-2-12-10-7-8-5-3-4-6-9(8)11-10/h3-6H,2,7H2,1H3. The van der Waals surface area contributed by atoms with Crippen molar-refractivity contribution in [1.82, 2.24) is 0 Å². The zero-order chi connectivity index (χ0) is 8.39. The van der Waals surface area contributed by atoms with Crippen molar-refractivity contribution in [3.8, 4) is 0 Å². The third kappa shape index (κ3) is 1.39. The largest absolute Gasteiger partial charge is 0.246 e. The van der Waals surface area contributed by atoms with Gasteiger partial charge >= 0.3 is 0 Å². The Bertz CT molecular complexity index is 317. The van der Waals surface area contributed by atoms with Gasteiger partial charge in [-0.2, -0.15) is 0 Å². The highest BCUT2D eigenvalue weighted by Crippen LogP contribution is 2.29. The topological polar surface area (TPSA) is 12.4 Å². The number of thioether (sulfide) groups is 1. The molecule has 62 valence electrons. The normalized spacial score (nSPS) is 14.2. The van der Waals surface area contributed by atoms with Gasteiger partial charge in [0, 0.05) is 6.42 Å². The van der Waals surface area contributed by atoms with Crippen LogP contribution < -0.4 is 0 Å². The highest BCUT2D eigenvalue weighted by atomic mass is 32.2. The van der Waals surface area contributed by atoms with Crippen LogP contribution in [0, 0.1) is 0 Å². The number of fused-ring (bicyclic) bond motifs is 1. The lowest BCUT2D eigenvalue weighted by molar-refractivity contribution is 1.41. The maximum absolute atomic E-state index is 4.52. The number of aliphatic imine (C=N–C) groups is 1. The van der Waals surface area contributed by atoms with E-state index in [2.05, 4.69) is 30.1 Å². The number of rotatable bonds is 1. The minimum Gasteiger partial charge on any atom is -0.246 e. The molecule has 0 N–H and O–H groups in total. The fourth-order valence-corrected chi connectivity index (χ4v) is 2.11. The first-order valence-electron chi connectivity index (χ1n) is 4.18. The zero-order valence-electron chi connectivity index (χ0n) is 7.08. The van der Waals surface area contributed by atoms with Crippen molar-refractivity contribution in [2.75, 3.05) is 5.75 Å². The summed E-state index contributed by atoms with van der Waals surface area (Å²) in [5.41, 5.74) is 2.53. The van der Waals surface area contributed by atoms with Gasteiger partial charge in [-0.3, -0.25) is 0 Å². The summed E-state index contributed by atoms with van der Waals surface area (Å²) >= 11 is 1.85. The van der Waals surface area contributed by atoms with E-state index in [1.165, 1.54) is 10.6 Å². The van der Waals surface area contributed by atoms with Crippen molar-refractivity contribution in [2.45, 2.75) is 13.3 Å². The van der Waals surface area contributed by atoms with Gasteiger partial charge in [0.25, 0.3) is 0 Å². The van der Waals surface area contributed by atoms with Crippen LogP contribution in [0.5, 0.6) is 0 Å². The van der Waals surface area contributed by atoms with Crippen molar-refractivity contribution < 1.29 is 0 Å². The van der Waals surface area contributed by atoms with E-state index in [0.717, 1.165) is 17.9 Å². The van der Waals surface area contributed by atoms with E-state index in [1.54, 1.807) is 0 Å². The molecule has 0 fully saturated rings. The summed E-state index contributed by atoms with van der Waals surface area (Å²) in [6, 6.07) is 8.36. The second kappa shape index (κ2) is 3.31. The smallest absolute Gasteiger partial charge is 0.0783 e. The summed E-state index contributed by atoms with van der Waals surface area (Å²) in [5, 5.41) is 1.26. The second-order valence-corrected chi connectivity index (χ2v) is 4.08. The zero-order valence-corrected chi connectivity index (χ0v) is 7.90. The molecule has 1 aromatic rings. The van der Waals surface area contributed by atoms with E-state index in [4.69, 9.17) is 0 Å². The van der Waals surface area contributed by atoms with Crippen molar-refractivity contribution in [3.05, 3.63) is 29.8 Å². The fraction of sp³-hybridized carbons (Fsp3) is 0.300. The first-order chi connectivity index (χ1) is 5.90. The summed E-state index contributed by atoms with van der Waals surface area (Å²) < 4.78 is 0. The van der Waals surface area contributed by atoms with Crippen LogP contribution in [-0.2, 0) is 6.42 Å². The Balaban J connectivity index is 2.23. The molecule has 1 aromatic carbocycles. The first kappa shape index (κ1) is 7.87. The Morgan fingerprint density at radius 1 is 1.42 bits per heavy atom. The summed E-state index contributed by atoms with van der Waals surface area (Å²) in [7, 11) is 0. The van der Waals surface area contributed by atoms with E-state index < -0.39 is 0 Å². The Labute approximate surface area is 76.9 Å². The maximum atomic E-state index is 4.52. The molecule has 0 atom stereocenters. The van der Waals surface area contributed by atoms with E-state index in [0.29, 0.717) is 0 Å². The molecule has 0 spiro atoms. The molecule has 0 saturated carbocycles. The average molecular weight is 177 g/mol. The van der Waals surface area contributed by atoms with Crippen molar-refractivity contribution in [3.63, 3.8) is 0 Å². The molecule has 0 saturated heterocycles. The average Bonchev–Trinajstić information content (AvgIpc) is 2.47. The van der Waals surface area contributed by atoms with Gasteiger partial charge in [-0.1, -0.05) is 25.1 Å². The number of benzene rings is 1. The van der Waals surface area contributed by atoms with Crippen LogP contribution in [0.25, 0.3) is 0 Å². The van der Waals surface area contributed by atoms with Crippen LogP contribution in [-0.4, -0.2) is 10.8 Å². The van der Waals surface area contributed by atoms with Crippen LogP contribution in [0.1, 0.15) is 12.5 Å². The third-order valence-electron chi connectivity index (χ3n) is 1.89. The van der Waals surface area contributed by atoms with Gasteiger partial charge in [0.2, 0.25) is 0 Å². The van der Waals surface area contributed by atoms with Gasteiger partial charge in [-0.05, 0) is 17.4 Å². The molecule has 0 aromatic heterocycles. The highest BCUT2D eigenvalue weighted by molar-refractivity contribution is 8.13. The Kier molecular flexibility index (Phi) is 2.17. The Morgan fingerprint density at radius 2 is 2.25 bits per heavy atom. The summed E-state index contributed by atoms with van der Waals surface area (Å²) in [6.07, 6.45) is 1.04. The molecule has 0 aliphatic carbocycles. The molecular formula is C10H11NS. The monoisotopic (exact) mass is 177 g/mol. The number of nitrogens with zero attached hydrogens (tertiary/aromatic N) is 1. The molecule has 1 nitrogen and oxygen atoms in total. The lowest BCUT2D eigenvalue weighted by atomic mass is 10.2. The molecule has 0 unspecified atom stereocenters. The predicted octanol–water partition coefficient (Wildman–Crippen LogP) is 3.03. The fourth-order valence-electron chi connectivity index (χ4n) is 1.36. The van der Waals surface area contributed by atoms with Gasteiger partial charge in [-0.15, -0.1) is 11.8 Å². The van der Waals surface area contributed by atoms with Crippen LogP contribution in [0.2, 0.25) is 0 Å². The quantitative estimate of drug-likeness (QED) is 0.642. The van der Waals surface area contributed by atoms with E-state index in [1.807, 2.05) is 17.8 Å². The summed E-state index contributed by atoms with van der Waals surface area (Å²) in [4.78, 5) is 4.52. The van der Waals surface area contributed by atoms with Gasteiger partial charge in [0.15, 0.2) is 0 Å². The molecule has 2 heteroatoms. The first-order valence-corrected chi connectivity index (χ1v) is 5.17. The van der Waals surface area contributed by atoms with Crippen LogP contribution in [0.3, 0.4) is 0 Å². The second-order valence-electron chi connectivity index (χ2n) is 2.74. The molecule has 1 aliphatic rings. The van der Waals surface area contributed by atoms with Gasteiger partial charge < -0.3 is 0 Å². The van der Waals surface area contributed by atoms with Crippen LogP contribution in [0.15, 0.2) is 29.3 Å². The maximum Gasteiger partial charge on any atom is 0.0783 e. The number of hydrogen-bond donors (Lipinski definition) is 0. The van der Waals surface area contributed by atoms with Crippen molar-refractivity contribution in [1.29, 1.82) is 0 Å². The summed E-state index contributed by atoms with van der Waals surface area (Å²) in [5.74, 6) is 1.12.